The molecule has 2 N–H and O–H groups in total. The summed E-state index contributed by atoms with van der Waals surface area (Å²) in [5, 5.41) is 9.95. The highest BCUT2D eigenvalue weighted by Crippen LogP contribution is 2.16. The van der Waals surface area contributed by atoms with Crippen LogP contribution >= 0.6 is 0 Å². The fraction of sp³-hybridized carbons (Fsp3) is 0.154. The third-order valence-corrected chi connectivity index (χ3v) is 2.65. The van der Waals surface area contributed by atoms with Crippen molar-refractivity contribution in [3.8, 4) is 11.4 Å². The second kappa shape index (κ2) is 5.04. The lowest BCUT2D eigenvalue weighted by Gasteiger charge is -2.02. The maximum atomic E-state index is 4.35. The van der Waals surface area contributed by atoms with Gasteiger partial charge in [-0.25, -0.2) is 9.97 Å². The quantitative estimate of drug-likeness (QED) is 0.754. The van der Waals surface area contributed by atoms with Crippen LogP contribution in [0, 0.1) is 13.8 Å². The van der Waals surface area contributed by atoms with Crippen molar-refractivity contribution < 1.29 is 0 Å². The molecule has 0 bridgehead atoms. The predicted molar refractivity (Wildman–Crippen MR) is 74.4 cm³/mol. The van der Waals surface area contributed by atoms with E-state index < -0.39 is 0 Å². The second-order valence-corrected chi connectivity index (χ2v) is 4.34. The van der Waals surface area contributed by atoms with Crippen LogP contribution in [-0.4, -0.2) is 30.1 Å². The largest absolute Gasteiger partial charge is 0.291 e. The molecule has 0 saturated heterocycles. The maximum Gasteiger partial charge on any atom is 0.249 e. The van der Waals surface area contributed by atoms with Crippen molar-refractivity contribution in [2.75, 3.05) is 5.32 Å². The molecule has 20 heavy (non-hydrogen) atoms. The summed E-state index contributed by atoms with van der Waals surface area (Å²) in [5.74, 6) is 1.59. The minimum atomic E-state index is 0.432. The zero-order valence-electron chi connectivity index (χ0n) is 11.1. The van der Waals surface area contributed by atoms with Gasteiger partial charge in [0.25, 0.3) is 0 Å². The Kier molecular flexibility index (Phi) is 3.08. The highest BCUT2D eigenvalue weighted by Gasteiger charge is 2.07. The van der Waals surface area contributed by atoms with E-state index in [0.29, 0.717) is 17.7 Å². The third-order valence-electron chi connectivity index (χ3n) is 2.65. The monoisotopic (exact) mass is 267 g/mol. The third kappa shape index (κ3) is 2.61. The number of aryl methyl sites for hydroxylation is 2. The van der Waals surface area contributed by atoms with Crippen molar-refractivity contribution in [2.45, 2.75) is 13.8 Å². The first-order chi connectivity index (χ1) is 9.70. The van der Waals surface area contributed by atoms with Gasteiger partial charge in [-0.15, -0.1) is 5.10 Å². The summed E-state index contributed by atoms with van der Waals surface area (Å²) >= 11 is 0. The van der Waals surface area contributed by atoms with Crippen LogP contribution in [0.25, 0.3) is 11.4 Å². The fourth-order valence-corrected chi connectivity index (χ4v) is 1.84. The number of rotatable bonds is 3. The van der Waals surface area contributed by atoms with Gasteiger partial charge in [0.15, 0.2) is 5.82 Å². The number of nitrogens with one attached hydrogen (secondary N) is 2. The van der Waals surface area contributed by atoms with Crippen molar-refractivity contribution in [1.29, 1.82) is 0 Å². The Morgan fingerprint density at radius 1 is 0.950 bits per heavy atom. The summed E-state index contributed by atoms with van der Waals surface area (Å²) in [4.78, 5) is 16.9. The zero-order chi connectivity index (χ0) is 13.9. The Balaban J connectivity index is 1.84. The summed E-state index contributed by atoms with van der Waals surface area (Å²) in [6.07, 6.45) is 3.41. The number of hydrogen-bond donors (Lipinski definition) is 2. The van der Waals surface area contributed by atoms with Crippen LogP contribution in [0.2, 0.25) is 0 Å². The Hall–Kier alpha value is -2.83. The van der Waals surface area contributed by atoms with E-state index in [4.69, 9.17) is 0 Å². The van der Waals surface area contributed by atoms with E-state index >= 15 is 0 Å². The molecule has 3 aromatic rings. The molecule has 0 aromatic carbocycles. The second-order valence-electron chi connectivity index (χ2n) is 4.34. The number of nitrogens with zero attached hydrogens (tertiary/aromatic N) is 5. The Labute approximate surface area is 115 Å². The molecule has 0 aliphatic heterocycles. The van der Waals surface area contributed by atoms with Gasteiger partial charge >= 0.3 is 0 Å². The molecule has 0 radical (unpaired) electrons. The number of aromatic nitrogens is 6. The van der Waals surface area contributed by atoms with Gasteiger partial charge < -0.3 is 0 Å². The lowest BCUT2D eigenvalue weighted by Crippen LogP contribution is -2.01. The number of anilines is 2. The standard InChI is InChI=1S/C13H13N7/c1-8-7-9(2)16-12(15-8)18-13-17-11(19-20-13)10-3-5-14-6-4-10/h3-7H,1-2H3,(H2,15,16,17,18,19,20). The van der Waals surface area contributed by atoms with E-state index in [-0.39, 0.29) is 0 Å². The summed E-state index contributed by atoms with van der Waals surface area (Å²) in [6, 6.07) is 5.63. The predicted octanol–water partition coefficient (Wildman–Crippen LogP) is 2.02. The average Bonchev–Trinajstić information content (AvgIpc) is 2.87. The van der Waals surface area contributed by atoms with E-state index in [1.165, 1.54) is 0 Å². The molecule has 3 heterocycles. The Morgan fingerprint density at radius 3 is 2.35 bits per heavy atom. The molecule has 0 aliphatic carbocycles. The van der Waals surface area contributed by atoms with Crippen LogP contribution in [0.4, 0.5) is 11.9 Å². The Bertz CT molecular complexity index is 700. The molecule has 0 unspecified atom stereocenters. The van der Waals surface area contributed by atoms with Crippen molar-refractivity contribution in [2.24, 2.45) is 0 Å². The normalized spacial score (nSPS) is 10.5. The Morgan fingerprint density at radius 2 is 1.65 bits per heavy atom. The van der Waals surface area contributed by atoms with Gasteiger partial charge in [-0.2, -0.15) is 4.98 Å². The van der Waals surface area contributed by atoms with Gasteiger partial charge in [0.2, 0.25) is 11.9 Å². The number of hydrogen-bond acceptors (Lipinski definition) is 6. The summed E-state index contributed by atoms with van der Waals surface area (Å²) in [7, 11) is 0. The molecule has 3 aromatic heterocycles. The van der Waals surface area contributed by atoms with Crippen LogP contribution in [0.1, 0.15) is 11.4 Å². The first-order valence-electron chi connectivity index (χ1n) is 6.13. The van der Waals surface area contributed by atoms with Gasteiger partial charge in [-0.05, 0) is 32.0 Å². The molecule has 100 valence electrons. The molecule has 0 spiro atoms. The molecular formula is C13H13N7. The first-order valence-corrected chi connectivity index (χ1v) is 6.13. The van der Waals surface area contributed by atoms with Crippen molar-refractivity contribution in [3.63, 3.8) is 0 Å². The SMILES string of the molecule is Cc1cc(C)nc(Nc2n[nH]c(-c3ccncc3)n2)n1. The van der Waals surface area contributed by atoms with E-state index in [2.05, 4.69) is 35.5 Å². The van der Waals surface area contributed by atoms with Crippen molar-refractivity contribution >= 4 is 11.9 Å². The summed E-state index contributed by atoms with van der Waals surface area (Å²) < 4.78 is 0. The molecule has 7 heteroatoms. The van der Waals surface area contributed by atoms with E-state index in [1.54, 1.807) is 12.4 Å². The number of H-pyrrole nitrogens is 1. The molecule has 7 nitrogen and oxygen atoms in total. The van der Waals surface area contributed by atoms with E-state index in [9.17, 15) is 0 Å². The molecule has 0 atom stereocenters. The van der Waals surface area contributed by atoms with Crippen LogP contribution in [-0.2, 0) is 0 Å². The maximum absolute atomic E-state index is 4.35. The lowest BCUT2D eigenvalue weighted by atomic mass is 10.3. The van der Waals surface area contributed by atoms with Crippen molar-refractivity contribution in [3.05, 3.63) is 42.0 Å². The van der Waals surface area contributed by atoms with E-state index in [1.807, 2.05) is 32.0 Å². The highest BCUT2D eigenvalue weighted by atomic mass is 15.3. The number of pyridine rings is 1. The smallest absolute Gasteiger partial charge is 0.249 e. The molecule has 0 aliphatic rings. The minimum absolute atomic E-state index is 0.432. The minimum Gasteiger partial charge on any atom is -0.291 e. The van der Waals surface area contributed by atoms with Gasteiger partial charge in [0.1, 0.15) is 0 Å². The molecule has 0 saturated carbocycles. The molecule has 3 rings (SSSR count). The van der Waals surface area contributed by atoms with Gasteiger partial charge in [0, 0.05) is 29.3 Å². The van der Waals surface area contributed by atoms with Crippen LogP contribution < -0.4 is 5.32 Å². The van der Waals surface area contributed by atoms with Gasteiger partial charge in [0.05, 0.1) is 0 Å². The first kappa shape index (κ1) is 12.2. The lowest BCUT2D eigenvalue weighted by molar-refractivity contribution is 1.04. The summed E-state index contributed by atoms with van der Waals surface area (Å²) in [6.45, 7) is 3.83. The topological polar surface area (TPSA) is 92.3 Å². The van der Waals surface area contributed by atoms with Crippen molar-refractivity contribution in [1.82, 2.24) is 30.1 Å². The van der Waals surface area contributed by atoms with Crippen LogP contribution in [0.15, 0.2) is 30.6 Å². The van der Waals surface area contributed by atoms with Crippen LogP contribution in [0.5, 0.6) is 0 Å². The number of aromatic amines is 1. The van der Waals surface area contributed by atoms with E-state index in [0.717, 1.165) is 17.0 Å². The summed E-state index contributed by atoms with van der Waals surface area (Å²) in [5.41, 5.74) is 2.71. The highest BCUT2D eigenvalue weighted by molar-refractivity contribution is 5.56. The molecule has 0 fully saturated rings. The van der Waals surface area contributed by atoms with Gasteiger partial charge in [-0.1, -0.05) is 0 Å². The van der Waals surface area contributed by atoms with Gasteiger partial charge in [-0.3, -0.25) is 15.4 Å². The molecular weight excluding hydrogens is 254 g/mol. The average molecular weight is 267 g/mol. The fourth-order valence-electron chi connectivity index (χ4n) is 1.84. The zero-order valence-corrected chi connectivity index (χ0v) is 11.1. The molecule has 0 amide bonds. The van der Waals surface area contributed by atoms with Crippen LogP contribution in [0.3, 0.4) is 0 Å².